The molecule has 0 saturated heterocycles. The maximum atomic E-state index is 12.9. The fraction of sp³-hybridized carbons (Fsp3) is 0.154. The summed E-state index contributed by atoms with van der Waals surface area (Å²) in [7, 11) is 0. The van der Waals surface area contributed by atoms with E-state index in [-0.39, 0.29) is 18.1 Å². The van der Waals surface area contributed by atoms with Gasteiger partial charge in [-0.2, -0.15) is 5.10 Å². The number of nitrogens with zero attached hydrogens (tertiary/aromatic N) is 3. The predicted molar refractivity (Wildman–Crippen MR) is 133 cm³/mol. The van der Waals surface area contributed by atoms with Crippen LogP contribution in [-0.2, 0) is 6.61 Å². The first-order valence-electron chi connectivity index (χ1n) is 11.0. The van der Waals surface area contributed by atoms with E-state index in [1.807, 2.05) is 44.2 Å². The molecule has 0 spiro atoms. The Labute approximate surface area is 207 Å². The van der Waals surface area contributed by atoms with Crippen molar-refractivity contribution in [3.8, 4) is 11.6 Å². The first kappa shape index (κ1) is 24.0. The van der Waals surface area contributed by atoms with Gasteiger partial charge >= 0.3 is 0 Å². The maximum Gasteiger partial charge on any atom is 0.273 e. The topological polar surface area (TPSA) is 98.1 Å². The van der Waals surface area contributed by atoms with Gasteiger partial charge in [-0.05, 0) is 36.2 Å². The van der Waals surface area contributed by atoms with Crippen molar-refractivity contribution < 1.29 is 14.3 Å². The van der Waals surface area contributed by atoms with Crippen molar-refractivity contribution in [1.82, 2.24) is 25.6 Å². The first-order valence-corrected chi connectivity index (χ1v) is 11.4. The number of hydrazine groups is 1. The Kier molecular flexibility index (Phi) is 7.42. The summed E-state index contributed by atoms with van der Waals surface area (Å²) in [6, 6.07) is 19.6. The van der Waals surface area contributed by atoms with E-state index in [2.05, 4.69) is 20.9 Å². The molecule has 0 aliphatic rings. The van der Waals surface area contributed by atoms with Gasteiger partial charge in [0.05, 0.1) is 23.0 Å². The van der Waals surface area contributed by atoms with Crippen molar-refractivity contribution in [1.29, 1.82) is 0 Å². The molecule has 0 unspecified atom stereocenters. The fourth-order valence-electron chi connectivity index (χ4n) is 3.55. The molecule has 9 heteroatoms. The zero-order chi connectivity index (χ0) is 24.8. The molecule has 8 nitrogen and oxygen atoms in total. The van der Waals surface area contributed by atoms with Crippen molar-refractivity contribution in [2.45, 2.75) is 26.4 Å². The predicted octanol–water partition coefficient (Wildman–Crippen LogP) is 4.70. The molecular weight excluding hydrogens is 466 g/mol. The van der Waals surface area contributed by atoms with Crippen LogP contribution in [0.4, 0.5) is 0 Å². The van der Waals surface area contributed by atoms with E-state index >= 15 is 0 Å². The summed E-state index contributed by atoms with van der Waals surface area (Å²) in [6.07, 6.45) is 3.12. The van der Waals surface area contributed by atoms with Crippen LogP contribution in [0.3, 0.4) is 0 Å². The largest absolute Gasteiger partial charge is 0.488 e. The molecular formula is C26H24ClN5O3. The molecule has 0 radical (unpaired) electrons. The molecule has 2 heterocycles. The van der Waals surface area contributed by atoms with Gasteiger partial charge in [-0.15, -0.1) is 0 Å². The summed E-state index contributed by atoms with van der Waals surface area (Å²) in [6.45, 7) is 4.11. The Morgan fingerprint density at radius 1 is 0.943 bits per heavy atom. The lowest BCUT2D eigenvalue weighted by atomic mass is 10.1. The van der Waals surface area contributed by atoms with Gasteiger partial charge in [0.25, 0.3) is 11.8 Å². The number of carbonyl (C=O) groups excluding carboxylic acids is 2. The molecule has 2 aromatic carbocycles. The summed E-state index contributed by atoms with van der Waals surface area (Å²) >= 11 is 6.19. The molecule has 0 atom stereocenters. The van der Waals surface area contributed by atoms with Crippen LogP contribution in [0.1, 0.15) is 51.7 Å². The second kappa shape index (κ2) is 10.8. The smallest absolute Gasteiger partial charge is 0.273 e. The van der Waals surface area contributed by atoms with E-state index in [0.29, 0.717) is 27.8 Å². The molecule has 0 aliphatic heterocycles. The first-order chi connectivity index (χ1) is 17.0. The Morgan fingerprint density at radius 2 is 1.63 bits per heavy atom. The molecule has 4 aromatic rings. The van der Waals surface area contributed by atoms with Crippen LogP contribution >= 0.6 is 11.6 Å². The lowest BCUT2D eigenvalue weighted by Gasteiger charge is -2.14. The van der Waals surface area contributed by atoms with Crippen molar-refractivity contribution in [3.63, 3.8) is 0 Å². The van der Waals surface area contributed by atoms with Crippen molar-refractivity contribution in [2.24, 2.45) is 0 Å². The fourth-order valence-corrected chi connectivity index (χ4v) is 3.74. The van der Waals surface area contributed by atoms with Crippen LogP contribution in [0.5, 0.6) is 5.75 Å². The number of pyridine rings is 1. The van der Waals surface area contributed by atoms with E-state index in [9.17, 15) is 9.59 Å². The number of para-hydroxylation sites is 1. The van der Waals surface area contributed by atoms with Crippen LogP contribution in [0.2, 0.25) is 5.02 Å². The van der Waals surface area contributed by atoms with E-state index < -0.39 is 11.8 Å². The molecule has 0 saturated carbocycles. The minimum atomic E-state index is -0.517. The third kappa shape index (κ3) is 5.50. The van der Waals surface area contributed by atoms with E-state index in [1.165, 1.54) is 6.20 Å². The minimum absolute atomic E-state index is 0.0186. The van der Waals surface area contributed by atoms with Gasteiger partial charge < -0.3 is 4.74 Å². The summed E-state index contributed by atoms with van der Waals surface area (Å²) in [5.74, 6) is -0.0567. The number of amides is 2. The Balaban J connectivity index is 1.46. The molecule has 2 amide bonds. The number of benzene rings is 2. The number of rotatable bonds is 7. The molecule has 0 aliphatic carbocycles. The van der Waals surface area contributed by atoms with Crippen molar-refractivity contribution in [2.75, 3.05) is 0 Å². The number of hydrogen-bond acceptors (Lipinski definition) is 5. The van der Waals surface area contributed by atoms with Gasteiger partial charge in [-0.3, -0.25) is 20.4 Å². The zero-order valence-corrected chi connectivity index (χ0v) is 20.0. The highest BCUT2D eigenvalue weighted by Crippen LogP contribution is 2.23. The molecule has 0 bridgehead atoms. The second-order valence-corrected chi connectivity index (χ2v) is 8.39. The number of carbonyl (C=O) groups is 2. The van der Waals surface area contributed by atoms with Crippen LogP contribution in [-0.4, -0.2) is 26.6 Å². The molecule has 0 fully saturated rings. The molecule has 4 rings (SSSR count). The SMILES string of the molecule is CC(C)c1c(C(=O)NNC(=O)c2ccccc2OCc2ccccc2Cl)cnn1-c1ccccn1. The summed E-state index contributed by atoms with van der Waals surface area (Å²) in [5, 5.41) is 4.92. The Bertz CT molecular complexity index is 1340. The summed E-state index contributed by atoms with van der Waals surface area (Å²) < 4.78 is 7.47. The summed E-state index contributed by atoms with van der Waals surface area (Å²) in [4.78, 5) is 30.1. The van der Waals surface area contributed by atoms with E-state index in [1.54, 1.807) is 47.3 Å². The number of halogens is 1. The van der Waals surface area contributed by atoms with E-state index in [4.69, 9.17) is 16.3 Å². The highest BCUT2D eigenvalue weighted by atomic mass is 35.5. The normalized spacial score (nSPS) is 10.7. The standard InChI is InChI=1S/C26H24ClN5O3/c1-17(2)24-20(15-29-32(24)23-13-7-8-14-28-23)26(34)31-30-25(33)19-10-4-6-12-22(19)35-16-18-9-3-5-11-21(18)27/h3-15,17H,16H2,1-2H3,(H,30,33)(H,31,34). The molecule has 178 valence electrons. The molecule has 2 N–H and O–H groups in total. The highest BCUT2D eigenvalue weighted by Gasteiger charge is 2.22. The Hall–Kier alpha value is -4.17. The van der Waals surface area contributed by atoms with Gasteiger partial charge in [0.15, 0.2) is 5.82 Å². The lowest BCUT2D eigenvalue weighted by Crippen LogP contribution is -2.42. The minimum Gasteiger partial charge on any atom is -0.488 e. The average Bonchev–Trinajstić information content (AvgIpc) is 3.33. The molecule has 35 heavy (non-hydrogen) atoms. The number of aromatic nitrogens is 3. The number of ether oxygens (including phenoxy) is 1. The zero-order valence-electron chi connectivity index (χ0n) is 19.2. The van der Waals surface area contributed by atoms with Gasteiger partial charge in [-0.1, -0.05) is 61.8 Å². The van der Waals surface area contributed by atoms with Crippen molar-refractivity contribution in [3.05, 3.63) is 107 Å². The molecule has 2 aromatic heterocycles. The quantitative estimate of drug-likeness (QED) is 0.367. The van der Waals surface area contributed by atoms with Crippen LogP contribution in [0.25, 0.3) is 5.82 Å². The van der Waals surface area contributed by atoms with Crippen LogP contribution in [0, 0.1) is 0 Å². The Morgan fingerprint density at radius 3 is 2.34 bits per heavy atom. The summed E-state index contributed by atoms with van der Waals surface area (Å²) in [5.41, 5.74) is 7.03. The maximum absolute atomic E-state index is 12.9. The lowest BCUT2D eigenvalue weighted by molar-refractivity contribution is 0.0843. The van der Waals surface area contributed by atoms with Crippen LogP contribution in [0.15, 0.2) is 79.1 Å². The van der Waals surface area contributed by atoms with Crippen LogP contribution < -0.4 is 15.6 Å². The van der Waals surface area contributed by atoms with Gasteiger partial charge in [0, 0.05) is 16.8 Å². The highest BCUT2D eigenvalue weighted by molar-refractivity contribution is 6.31. The van der Waals surface area contributed by atoms with E-state index in [0.717, 1.165) is 5.56 Å². The van der Waals surface area contributed by atoms with Gasteiger partial charge in [0.2, 0.25) is 0 Å². The number of nitrogens with one attached hydrogen (secondary N) is 2. The number of hydrogen-bond donors (Lipinski definition) is 2. The third-order valence-electron chi connectivity index (χ3n) is 5.23. The average molecular weight is 490 g/mol. The monoisotopic (exact) mass is 489 g/mol. The second-order valence-electron chi connectivity index (χ2n) is 7.98. The van der Waals surface area contributed by atoms with Gasteiger partial charge in [-0.25, -0.2) is 9.67 Å². The van der Waals surface area contributed by atoms with Crippen molar-refractivity contribution >= 4 is 23.4 Å². The third-order valence-corrected chi connectivity index (χ3v) is 5.60. The van der Waals surface area contributed by atoms with Gasteiger partial charge in [0.1, 0.15) is 12.4 Å².